The minimum atomic E-state index is -3.60. The molecule has 0 atom stereocenters. The van der Waals surface area contributed by atoms with Gasteiger partial charge in [-0.15, -0.1) is 0 Å². The van der Waals surface area contributed by atoms with E-state index >= 15 is 0 Å². The van der Waals surface area contributed by atoms with Crippen LogP contribution < -0.4 is 14.5 Å². The summed E-state index contributed by atoms with van der Waals surface area (Å²) in [5.41, 5.74) is 0. The van der Waals surface area contributed by atoms with Crippen molar-refractivity contribution in [2.75, 3.05) is 46.3 Å². The zero-order valence-electron chi connectivity index (χ0n) is 12.7. The Morgan fingerprint density at radius 1 is 1.18 bits per heavy atom. The molecule has 0 radical (unpaired) electrons. The van der Waals surface area contributed by atoms with Crippen LogP contribution in [0.15, 0.2) is 23.1 Å². The van der Waals surface area contributed by atoms with Gasteiger partial charge in [0.1, 0.15) is 31.1 Å². The van der Waals surface area contributed by atoms with Gasteiger partial charge >= 0.3 is 0 Å². The van der Waals surface area contributed by atoms with Gasteiger partial charge in [0.15, 0.2) is 0 Å². The van der Waals surface area contributed by atoms with Crippen molar-refractivity contribution in [1.29, 1.82) is 0 Å². The lowest BCUT2D eigenvalue weighted by Gasteiger charge is -2.27. The van der Waals surface area contributed by atoms with Crippen LogP contribution in [0, 0.1) is 0 Å². The van der Waals surface area contributed by atoms with Gasteiger partial charge in [0.25, 0.3) is 0 Å². The van der Waals surface area contributed by atoms with Gasteiger partial charge in [-0.2, -0.15) is 0 Å². The Morgan fingerprint density at radius 2 is 1.86 bits per heavy atom. The molecule has 124 valence electrons. The maximum atomic E-state index is 12.2. The second-order valence-corrected chi connectivity index (χ2v) is 8.28. The summed E-state index contributed by atoms with van der Waals surface area (Å²) >= 11 is 11.8. The van der Waals surface area contributed by atoms with E-state index in [2.05, 4.69) is 11.8 Å². The van der Waals surface area contributed by atoms with Gasteiger partial charge in [-0.05, 0) is 12.1 Å². The van der Waals surface area contributed by atoms with E-state index in [-0.39, 0.29) is 14.9 Å². The van der Waals surface area contributed by atoms with E-state index < -0.39 is 10.0 Å². The quantitative estimate of drug-likeness (QED) is 0.569. The molecule has 0 spiro atoms. The number of rotatable bonds is 6. The molecule has 0 bridgehead atoms. The monoisotopic (exact) mass is 367 g/mol. The molecule has 1 aliphatic rings. The summed E-state index contributed by atoms with van der Waals surface area (Å²) in [5.74, 6) is 0. The smallest absolute Gasteiger partial charge is 0.242 e. The number of nitrogens with one attached hydrogen (secondary N) is 3. The van der Waals surface area contributed by atoms with E-state index in [0.29, 0.717) is 6.54 Å². The summed E-state index contributed by atoms with van der Waals surface area (Å²) in [4.78, 5) is 3.16. The number of hydrogen-bond acceptors (Lipinski definition) is 2. The third-order valence-corrected chi connectivity index (χ3v) is 6.45. The van der Waals surface area contributed by atoms with Crippen LogP contribution in [-0.2, 0) is 10.0 Å². The topological polar surface area (TPSA) is 55.1 Å². The average molecular weight is 368 g/mol. The molecule has 5 nitrogen and oxygen atoms in total. The first-order valence-corrected chi connectivity index (χ1v) is 9.72. The average Bonchev–Trinajstić information content (AvgIpc) is 2.48. The summed E-state index contributed by atoms with van der Waals surface area (Å²) in [6, 6.07) is 4.62. The lowest BCUT2D eigenvalue weighted by Crippen LogP contribution is -3.27. The maximum absolute atomic E-state index is 12.2. The molecule has 22 heavy (non-hydrogen) atoms. The van der Waals surface area contributed by atoms with Crippen molar-refractivity contribution in [2.24, 2.45) is 0 Å². The standard InChI is InChI=1S/C14H21Cl2N3O2S/c1-18-8-10-19(11-9-18)7-3-6-17-22(20,21)13-5-2-4-12(15)14(13)16/h2,4-5,17H,3,6-11H2,1H3/p+2. The van der Waals surface area contributed by atoms with Crippen LogP contribution in [0.5, 0.6) is 0 Å². The number of halogens is 2. The fourth-order valence-corrected chi connectivity index (χ4v) is 4.43. The lowest BCUT2D eigenvalue weighted by molar-refractivity contribution is -1.00. The second kappa shape index (κ2) is 7.95. The number of hydrogen-bond donors (Lipinski definition) is 3. The largest absolute Gasteiger partial charge is 0.328 e. The van der Waals surface area contributed by atoms with Crippen molar-refractivity contribution in [1.82, 2.24) is 4.72 Å². The van der Waals surface area contributed by atoms with Crippen molar-refractivity contribution in [2.45, 2.75) is 11.3 Å². The molecular weight excluding hydrogens is 345 g/mol. The molecule has 0 amide bonds. The molecule has 1 aromatic carbocycles. The van der Waals surface area contributed by atoms with Gasteiger partial charge in [0, 0.05) is 13.0 Å². The predicted molar refractivity (Wildman–Crippen MR) is 88.5 cm³/mol. The first-order chi connectivity index (χ1) is 10.4. The minimum Gasteiger partial charge on any atom is -0.328 e. The third kappa shape index (κ3) is 4.81. The molecule has 3 N–H and O–H groups in total. The second-order valence-electron chi connectivity index (χ2n) is 5.76. The molecule has 0 aliphatic carbocycles. The Bertz CT molecular complexity index is 602. The fourth-order valence-electron chi connectivity index (χ4n) is 2.59. The number of sulfonamides is 1. The van der Waals surface area contributed by atoms with E-state index in [1.54, 1.807) is 21.9 Å². The normalized spacial score (nSPS) is 22.7. The Morgan fingerprint density at radius 3 is 2.55 bits per heavy atom. The van der Waals surface area contributed by atoms with Crippen LogP contribution in [0.2, 0.25) is 10.0 Å². The molecule has 1 heterocycles. The van der Waals surface area contributed by atoms with E-state index in [1.807, 2.05) is 0 Å². The van der Waals surface area contributed by atoms with Gasteiger partial charge in [-0.1, -0.05) is 29.3 Å². The molecule has 0 saturated carbocycles. The van der Waals surface area contributed by atoms with E-state index in [4.69, 9.17) is 23.2 Å². The summed E-state index contributed by atoms with van der Waals surface area (Å²) in [6.45, 7) is 6.06. The minimum absolute atomic E-state index is 0.0391. The third-order valence-electron chi connectivity index (χ3n) is 4.02. The van der Waals surface area contributed by atoms with E-state index in [9.17, 15) is 8.42 Å². The lowest BCUT2D eigenvalue weighted by atomic mass is 10.3. The zero-order valence-corrected chi connectivity index (χ0v) is 15.0. The predicted octanol–water partition coefficient (Wildman–Crippen LogP) is -0.925. The highest BCUT2D eigenvalue weighted by Gasteiger charge is 2.21. The van der Waals surface area contributed by atoms with Crippen molar-refractivity contribution >= 4 is 33.2 Å². The van der Waals surface area contributed by atoms with Crippen LogP contribution in [0.4, 0.5) is 0 Å². The van der Waals surface area contributed by atoms with Gasteiger partial charge in [-0.3, -0.25) is 0 Å². The van der Waals surface area contributed by atoms with E-state index in [1.165, 1.54) is 19.2 Å². The van der Waals surface area contributed by atoms with Crippen molar-refractivity contribution in [3.05, 3.63) is 28.2 Å². The first kappa shape index (κ1) is 18.0. The Kier molecular flexibility index (Phi) is 6.49. The Balaban J connectivity index is 1.82. The molecule has 0 aromatic heterocycles. The van der Waals surface area contributed by atoms with Crippen molar-refractivity contribution in [3.63, 3.8) is 0 Å². The summed E-state index contributed by atoms with van der Waals surface area (Å²) < 4.78 is 27.1. The van der Waals surface area contributed by atoms with Crippen molar-refractivity contribution in [3.8, 4) is 0 Å². The van der Waals surface area contributed by atoms with Gasteiger partial charge in [0.05, 0.1) is 23.6 Å². The highest BCUT2D eigenvalue weighted by molar-refractivity contribution is 7.89. The molecule has 2 rings (SSSR count). The summed E-state index contributed by atoms with van der Waals surface area (Å²) in [5, 5.41) is 0.318. The van der Waals surface area contributed by atoms with Gasteiger partial charge in [0.2, 0.25) is 10.0 Å². The highest BCUT2D eigenvalue weighted by atomic mass is 35.5. The highest BCUT2D eigenvalue weighted by Crippen LogP contribution is 2.28. The molecular formula is C14H23Cl2N3O2S+2. The number of likely N-dealkylation sites (N-methyl/N-ethyl adjacent to an activating group) is 1. The molecule has 0 unspecified atom stereocenters. The van der Waals surface area contributed by atoms with Crippen LogP contribution >= 0.6 is 23.2 Å². The molecule has 1 aliphatic heterocycles. The first-order valence-electron chi connectivity index (χ1n) is 7.48. The van der Waals surface area contributed by atoms with Crippen LogP contribution in [-0.4, -0.2) is 54.7 Å². The summed E-state index contributed by atoms with van der Waals surface area (Å²) in [7, 11) is -1.40. The van der Waals surface area contributed by atoms with Gasteiger partial charge < -0.3 is 9.80 Å². The van der Waals surface area contributed by atoms with E-state index in [0.717, 1.165) is 26.1 Å². The Hall–Kier alpha value is -0.370. The number of piperazine rings is 1. The molecule has 1 aromatic rings. The van der Waals surface area contributed by atoms with Crippen molar-refractivity contribution < 1.29 is 18.2 Å². The number of quaternary nitrogens is 2. The van der Waals surface area contributed by atoms with Crippen LogP contribution in [0.1, 0.15) is 6.42 Å². The summed E-state index contributed by atoms with van der Waals surface area (Å²) in [6.07, 6.45) is 0.811. The SMILES string of the molecule is C[NH+]1CC[NH+](CCCNS(=O)(=O)c2cccc(Cl)c2Cl)CC1. The molecule has 1 saturated heterocycles. The molecule has 8 heteroatoms. The molecule has 1 fully saturated rings. The van der Waals surface area contributed by atoms with Gasteiger partial charge in [-0.25, -0.2) is 13.1 Å². The fraction of sp³-hybridized carbons (Fsp3) is 0.571. The van der Waals surface area contributed by atoms with Crippen LogP contribution in [0.25, 0.3) is 0 Å². The van der Waals surface area contributed by atoms with Crippen LogP contribution in [0.3, 0.4) is 0 Å². The maximum Gasteiger partial charge on any atom is 0.242 e. The Labute approximate surface area is 142 Å². The number of benzene rings is 1. The zero-order chi connectivity index (χ0) is 16.2.